The van der Waals surface area contributed by atoms with Crippen LogP contribution in [0.25, 0.3) is 22.5 Å². The van der Waals surface area contributed by atoms with Gasteiger partial charge in [-0.15, -0.1) is 0 Å². The van der Waals surface area contributed by atoms with E-state index in [1.807, 2.05) is 0 Å². The van der Waals surface area contributed by atoms with Crippen molar-refractivity contribution in [1.82, 2.24) is 19.4 Å². The number of imidazole rings is 1. The number of halogens is 3. The Morgan fingerprint density at radius 3 is 2.36 bits per heavy atom. The van der Waals surface area contributed by atoms with Gasteiger partial charge in [-0.25, -0.2) is 4.98 Å². The Bertz CT molecular complexity index is 1430. The monoisotopic (exact) mass is 543 g/mol. The summed E-state index contributed by atoms with van der Waals surface area (Å²) in [6.45, 7) is 5.14. The number of fused-ring (bicyclic) bond motifs is 1. The molecule has 12 heteroatoms. The lowest BCUT2D eigenvalue weighted by Crippen LogP contribution is -2.45. The first-order valence-electron chi connectivity index (χ1n) is 12.2. The molecule has 2 N–H and O–H groups in total. The van der Waals surface area contributed by atoms with Crippen molar-refractivity contribution in [3.05, 3.63) is 59.7 Å². The van der Waals surface area contributed by atoms with Crippen LogP contribution in [-0.2, 0) is 34.1 Å². The van der Waals surface area contributed by atoms with Crippen LogP contribution in [0.5, 0.6) is 0 Å². The summed E-state index contributed by atoms with van der Waals surface area (Å²) in [5.41, 5.74) is 6.84. The summed E-state index contributed by atoms with van der Waals surface area (Å²) in [7, 11) is 1.29. The lowest BCUT2D eigenvalue weighted by molar-refractivity contribution is -0.155. The zero-order chi connectivity index (χ0) is 28.7. The Hall–Kier alpha value is -4.22. The topological polar surface area (TPSA) is 120 Å². The Balaban J connectivity index is 1.67. The summed E-state index contributed by atoms with van der Waals surface area (Å²) in [5, 5.41) is 0. The number of hydrogen-bond acceptors (Lipinski definition) is 6. The summed E-state index contributed by atoms with van der Waals surface area (Å²) in [6, 6.07) is 6.71. The van der Waals surface area contributed by atoms with E-state index in [-0.39, 0.29) is 30.8 Å². The number of pyridine rings is 1. The number of benzene rings is 1. The molecule has 0 fully saturated rings. The van der Waals surface area contributed by atoms with Gasteiger partial charge >= 0.3 is 12.1 Å². The van der Waals surface area contributed by atoms with Gasteiger partial charge < -0.3 is 19.9 Å². The zero-order valence-electron chi connectivity index (χ0n) is 21.9. The van der Waals surface area contributed by atoms with E-state index in [1.54, 1.807) is 39.0 Å². The molecule has 1 aliphatic rings. The second kappa shape index (κ2) is 10.2. The van der Waals surface area contributed by atoms with Crippen LogP contribution < -0.4 is 5.73 Å². The predicted octanol–water partition coefficient (Wildman–Crippen LogP) is 4.10. The number of nitrogens with two attached hydrogens (primary N) is 1. The first kappa shape index (κ1) is 27.8. The highest BCUT2D eigenvalue weighted by Gasteiger charge is 2.39. The molecule has 3 heterocycles. The molecular weight excluding hydrogens is 515 g/mol. The third-order valence-electron chi connectivity index (χ3n) is 6.26. The summed E-state index contributed by atoms with van der Waals surface area (Å²) in [6.07, 6.45) is -1.90. The number of ether oxygens (including phenoxy) is 1. The highest BCUT2D eigenvalue weighted by molar-refractivity contribution is 6.01. The van der Waals surface area contributed by atoms with E-state index in [0.29, 0.717) is 22.3 Å². The second-order valence-electron chi connectivity index (χ2n) is 10.3. The number of nitrogens with zero attached hydrogens (tertiary/aromatic N) is 4. The summed E-state index contributed by atoms with van der Waals surface area (Å²) in [5.74, 6) is -2.84. The molecule has 0 radical (unpaired) electrons. The lowest BCUT2D eigenvalue weighted by Gasteiger charge is -2.25. The highest BCUT2D eigenvalue weighted by atomic mass is 19.4. The van der Waals surface area contributed by atoms with Gasteiger partial charge in [-0.1, -0.05) is 6.07 Å². The van der Waals surface area contributed by atoms with Crippen LogP contribution in [0.1, 0.15) is 55.4 Å². The van der Waals surface area contributed by atoms with E-state index in [1.165, 1.54) is 36.5 Å². The van der Waals surface area contributed by atoms with Crippen molar-refractivity contribution in [3.63, 3.8) is 0 Å². The van der Waals surface area contributed by atoms with E-state index in [2.05, 4.69) is 9.97 Å². The maximum absolute atomic E-state index is 13.8. The first-order valence-corrected chi connectivity index (χ1v) is 12.2. The molecule has 2 aromatic heterocycles. The molecule has 4 rings (SSSR count). The number of primary amides is 1. The van der Waals surface area contributed by atoms with E-state index in [9.17, 15) is 27.6 Å². The molecule has 3 aromatic rings. The first-order chi connectivity index (χ1) is 18.2. The van der Waals surface area contributed by atoms with Crippen LogP contribution in [0, 0.1) is 0 Å². The highest BCUT2D eigenvalue weighted by Crippen LogP contribution is 2.39. The third-order valence-corrected chi connectivity index (χ3v) is 6.26. The van der Waals surface area contributed by atoms with Crippen LogP contribution >= 0.6 is 0 Å². The number of carbonyl (C=O) groups is 3. The zero-order valence-corrected chi connectivity index (χ0v) is 21.9. The van der Waals surface area contributed by atoms with Gasteiger partial charge in [0.25, 0.3) is 5.91 Å². The Morgan fingerprint density at radius 1 is 1.10 bits per heavy atom. The number of rotatable bonds is 7. The number of carbonyl (C=O) groups excluding carboxylic acids is 3. The van der Waals surface area contributed by atoms with Crippen molar-refractivity contribution in [1.29, 1.82) is 0 Å². The van der Waals surface area contributed by atoms with Crippen LogP contribution in [0.4, 0.5) is 13.2 Å². The fourth-order valence-corrected chi connectivity index (χ4v) is 4.63. The van der Waals surface area contributed by atoms with E-state index in [0.717, 1.165) is 4.57 Å². The van der Waals surface area contributed by atoms with Crippen molar-refractivity contribution in [2.24, 2.45) is 12.8 Å². The quantitative estimate of drug-likeness (QED) is 0.448. The Labute approximate surface area is 222 Å². The number of amides is 2. The number of aromatic nitrogens is 3. The summed E-state index contributed by atoms with van der Waals surface area (Å²) >= 11 is 0. The molecule has 0 aliphatic carbocycles. The molecule has 1 aromatic carbocycles. The maximum atomic E-state index is 13.8. The molecule has 2 amide bonds. The average molecular weight is 544 g/mol. The molecule has 0 saturated carbocycles. The minimum Gasteiger partial charge on any atom is -0.460 e. The number of esters is 1. The van der Waals surface area contributed by atoms with Crippen LogP contribution in [-0.4, -0.2) is 48.9 Å². The standard InChI is InChI=1S/C27H28F3N5O4/c1-26(2,3)39-20(36)8-7-19(23(31)37)35-14-17-13-16(5-6-18(17)24(35)38)21-22(15-9-11-32-12-10-15)34(4)25(33-21)27(28,29)30/h5-6,9-13,19H,7-8,14H2,1-4H3,(H2,31,37). The minimum absolute atomic E-state index is 0.00646. The molecule has 1 unspecified atom stereocenters. The normalized spacial score (nSPS) is 14.3. The fourth-order valence-electron chi connectivity index (χ4n) is 4.63. The fraction of sp³-hybridized carbons (Fsp3) is 0.370. The lowest BCUT2D eigenvalue weighted by atomic mass is 10.0. The van der Waals surface area contributed by atoms with Crippen LogP contribution in [0.15, 0.2) is 42.7 Å². The Morgan fingerprint density at radius 2 is 1.77 bits per heavy atom. The molecule has 0 spiro atoms. The molecule has 39 heavy (non-hydrogen) atoms. The summed E-state index contributed by atoms with van der Waals surface area (Å²) < 4.78 is 47.5. The average Bonchev–Trinajstić information content (AvgIpc) is 3.35. The molecule has 0 bridgehead atoms. The van der Waals surface area contributed by atoms with Crippen LogP contribution in [0.2, 0.25) is 0 Å². The van der Waals surface area contributed by atoms with Crippen molar-refractivity contribution < 1.29 is 32.3 Å². The van der Waals surface area contributed by atoms with Gasteiger partial charge in [0.05, 0.1) is 11.4 Å². The van der Waals surface area contributed by atoms with Gasteiger partial charge in [-0.3, -0.25) is 19.4 Å². The molecule has 1 aliphatic heterocycles. The van der Waals surface area contributed by atoms with Gasteiger partial charge in [0, 0.05) is 49.1 Å². The number of alkyl halides is 3. The van der Waals surface area contributed by atoms with E-state index in [4.69, 9.17) is 10.5 Å². The molecule has 206 valence electrons. The molecular formula is C27H28F3N5O4. The number of hydrogen-bond donors (Lipinski definition) is 1. The van der Waals surface area contributed by atoms with Crippen LogP contribution in [0.3, 0.4) is 0 Å². The second-order valence-corrected chi connectivity index (χ2v) is 10.3. The van der Waals surface area contributed by atoms with Gasteiger partial charge in [0.15, 0.2) is 0 Å². The smallest absolute Gasteiger partial charge is 0.449 e. The van der Waals surface area contributed by atoms with E-state index >= 15 is 0 Å². The van der Waals surface area contributed by atoms with Gasteiger partial charge in [-0.05, 0) is 57.0 Å². The van der Waals surface area contributed by atoms with Gasteiger partial charge in [0.2, 0.25) is 11.7 Å². The van der Waals surface area contributed by atoms with Crippen molar-refractivity contribution >= 4 is 17.8 Å². The third kappa shape index (κ3) is 5.79. The van der Waals surface area contributed by atoms with E-state index < -0.39 is 41.4 Å². The van der Waals surface area contributed by atoms with Gasteiger partial charge in [0.1, 0.15) is 11.6 Å². The molecule has 9 nitrogen and oxygen atoms in total. The summed E-state index contributed by atoms with van der Waals surface area (Å²) in [4.78, 5) is 46.7. The molecule has 0 saturated heterocycles. The minimum atomic E-state index is -4.69. The van der Waals surface area contributed by atoms with Crippen molar-refractivity contribution in [3.8, 4) is 22.5 Å². The van der Waals surface area contributed by atoms with Crippen molar-refractivity contribution in [2.75, 3.05) is 0 Å². The largest absolute Gasteiger partial charge is 0.460 e. The van der Waals surface area contributed by atoms with Crippen molar-refractivity contribution in [2.45, 2.75) is 58.0 Å². The maximum Gasteiger partial charge on any atom is 0.449 e. The SMILES string of the molecule is Cn1c(C(F)(F)F)nc(-c2ccc3c(c2)CN(C(CCC(=O)OC(C)(C)C)C(N)=O)C3=O)c1-c1ccncc1. The Kier molecular flexibility index (Phi) is 7.24. The van der Waals surface area contributed by atoms with Gasteiger partial charge in [-0.2, -0.15) is 13.2 Å². The molecule has 1 atom stereocenters. The predicted molar refractivity (Wildman–Crippen MR) is 135 cm³/mol.